The van der Waals surface area contributed by atoms with Crippen molar-refractivity contribution in [2.24, 2.45) is 0 Å². The first-order valence-electron chi connectivity index (χ1n) is 11.4. The van der Waals surface area contributed by atoms with Gasteiger partial charge in [0.25, 0.3) is 5.91 Å². The van der Waals surface area contributed by atoms with E-state index in [-0.39, 0.29) is 18.2 Å². The number of benzene rings is 2. The molecule has 0 aliphatic carbocycles. The molecule has 0 radical (unpaired) electrons. The Morgan fingerprint density at radius 1 is 1.00 bits per heavy atom. The number of piperidine rings is 1. The number of ether oxygens (including phenoxy) is 2. The van der Waals surface area contributed by atoms with Crippen LogP contribution < -0.4 is 14.8 Å². The molecular formula is C26H29N3O4S. The summed E-state index contributed by atoms with van der Waals surface area (Å²) in [6.07, 6.45) is 3.55. The summed E-state index contributed by atoms with van der Waals surface area (Å²) in [6, 6.07) is 13.1. The lowest BCUT2D eigenvalue weighted by molar-refractivity contribution is -0.120. The number of aromatic nitrogens is 1. The molecular weight excluding hydrogens is 450 g/mol. The van der Waals surface area contributed by atoms with Crippen molar-refractivity contribution in [1.82, 2.24) is 15.2 Å². The van der Waals surface area contributed by atoms with Gasteiger partial charge in [-0.15, -0.1) is 11.3 Å². The summed E-state index contributed by atoms with van der Waals surface area (Å²) in [5.41, 5.74) is 3.28. The second kappa shape index (κ2) is 11.2. The molecule has 1 aliphatic rings. The Labute approximate surface area is 203 Å². The molecule has 0 unspecified atom stereocenters. The quantitative estimate of drug-likeness (QED) is 0.521. The molecule has 1 saturated heterocycles. The lowest BCUT2D eigenvalue weighted by atomic mass is 10.1. The normalized spacial score (nSPS) is 13.4. The number of nitrogens with one attached hydrogen (secondary N) is 1. The van der Waals surface area contributed by atoms with Crippen molar-refractivity contribution in [3.05, 3.63) is 64.7 Å². The van der Waals surface area contributed by atoms with Gasteiger partial charge in [-0.1, -0.05) is 12.1 Å². The fourth-order valence-electron chi connectivity index (χ4n) is 3.96. The van der Waals surface area contributed by atoms with Gasteiger partial charge in [0.15, 0.2) is 11.5 Å². The van der Waals surface area contributed by atoms with Gasteiger partial charge in [-0.05, 0) is 55.2 Å². The first-order valence-corrected chi connectivity index (χ1v) is 12.3. The summed E-state index contributed by atoms with van der Waals surface area (Å²) in [6.45, 7) is 2.08. The van der Waals surface area contributed by atoms with Crippen LogP contribution in [0.1, 0.15) is 40.9 Å². The van der Waals surface area contributed by atoms with Crippen molar-refractivity contribution in [3.8, 4) is 22.1 Å². The fraction of sp³-hybridized carbons (Fsp3) is 0.346. The van der Waals surface area contributed by atoms with Crippen LogP contribution in [-0.2, 0) is 17.8 Å². The first-order chi connectivity index (χ1) is 16.6. The summed E-state index contributed by atoms with van der Waals surface area (Å²) in [4.78, 5) is 31.6. The molecule has 2 heterocycles. The van der Waals surface area contributed by atoms with Gasteiger partial charge < -0.3 is 19.7 Å². The highest BCUT2D eigenvalue weighted by Gasteiger charge is 2.18. The van der Waals surface area contributed by atoms with E-state index in [9.17, 15) is 9.59 Å². The predicted molar refractivity (Wildman–Crippen MR) is 132 cm³/mol. The first kappa shape index (κ1) is 23.8. The Balaban J connectivity index is 1.30. The molecule has 7 nitrogen and oxygen atoms in total. The van der Waals surface area contributed by atoms with Crippen molar-refractivity contribution >= 4 is 23.2 Å². The van der Waals surface area contributed by atoms with Crippen LogP contribution in [0, 0.1) is 0 Å². The van der Waals surface area contributed by atoms with Crippen LogP contribution >= 0.6 is 11.3 Å². The highest BCUT2D eigenvalue weighted by Crippen LogP contribution is 2.33. The molecule has 0 spiro atoms. The lowest BCUT2D eigenvalue weighted by Crippen LogP contribution is -2.35. The van der Waals surface area contributed by atoms with E-state index in [1.165, 1.54) is 17.8 Å². The summed E-state index contributed by atoms with van der Waals surface area (Å²) >= 11 is 1.48. The predicted octanol–water partition coefficient (Wildman–Crippen LogP) is 4.31. The molecule has 2 aromatic carbocycles. The summed E-state index contributed by atoms with van der Waals surface area (Å²) in [5, 5.41) is 5.65. The van der Waals surface area contributed by atoms with Crippen molar-refractivity contribution < 1.29 is 19.1 Å². The standard InChI is InChI=1S/C26H29N3O4S/c1-32-22-11-10-20(14-23(22)33-2)25-28-21(17-34-25)15-24(30)27-16-18-6-8-19(9-7-18)26(31)29-12-4-3-5-13-29/h6-11,14,17H,3-5,12-13,15-16H2,1-2H3,(H,27,30). The monoisotopic (exact) mass is 479 g/mol. The topological polar surface area (TPSA) is 80.8 Å². The van der Waals surface area contributed by atoms with Gasteiger partial charge in [0.05, 0.1) is 26.3 Å². The van der Waals surface area contributed by atoms with Crippen LogP contribution in [0.5, 0.6) is 11.5 Å². The molecule has 3 aromatic rings. The average molecular weight is 480 g/mol. The third kappa shape index (κ3) is 5.75. The van der Waals surface area contributed by atoms with Gasteiger partial charge in [-0.3, -0.25) is 9.59 Å². The molecule has 8 heteroatoms. The van der Waals surface area contributed by atoms with E-state index >= 15 is 0 Å². The highest BCUT2D eigenvalue weighted by molar-refractivity contribution is 7.13. The Kier molecular flexibility index (Phi) is 7.80. The molecule has 1 aliphatic heterocycles. The van der Waals surface area contributed by atoms with Crippen LogP contribution in [0.3, 0.4) is 0 Å². The van der Waals surface area contributed by atoms with E-state index < -0.39 is 0 Å². The maximum absolute atomic E-state index is 12.6. The molecule has 1 aromatic heterocycles. The second-order valence-electron chi connectivity index (χ2n) is 8.22. The molecule has 0 atom stereocenters. The lowest BCUT2D eigenvalue weighted by Gasteiger charge is -2.26. The zero-order valence-electron chi connectivity index (χ0n) is 19.5. The zero-order chi connectivity index (χ0) is 23.9. The number of hydrogen-bond acceptors (Lipinski definition) is 6. The number of hydrogen-bond donors (Lipinski definition) is 1. The van der Waals surface area contributed by atoms with E-state index in [0.717, 1.165) is 47.8 Å². The highest BCUT2D eigenvalue weighted by atomic mass is 32.1. The van der Waals surface area contributed by atoms with Gasteiger partial charge in [-0.2, -0.15) is 0 Å². The number of carbonyl (C=O) groups is 2. The van der Waals surface area contributed by atoms with E-state index in [1.54, 1.807) is 14.2 Å². The molecule has 4 rings (SSSR count). The molecule has 34 heavy (non-hydrogen) atoms. The van der Waals surface area contributed by atoms with E-state index in [1.807, 2.05) is 52.7 Å². The van der Waals surface area contributed by atoms with E-state index in [2.05, 4.69) is 10.3 Å². The molecule has 2 amide bonds. The van der Waals surface area contributed by atoms with Crippen LogP contribution in [0.4, 0.5) is 0 Å². The minimum atomic E-state index is -0.0994. The van der Waals surface area contributed by atoms with Crippen molar-refractivity contribution in [1.29, 1.82) is 0 Å². The molecule has 178 valence electrons. The van der Waals surface area contributed by atoms with Gasteiger partial charge >= 0.3 is 0 Å². The van der Waals surface area contributed by atoms with Gasteiger partial charge in [0, 0.05) is 36.1 Å². The zero-order valence-corrected chi connectivity index (χ0v) is 20.3. The SMILES string of the molecule is COc1ccc(-c2nc(CC(=O)NCc3ccc(C(=O)N4CCCCC4)cc3)cs2)cc1OC. The summed E-state index contributed by atoms with van der Waals surface area (Å²) in [5.74, 6) is 1.28. The number of amides is 2. The van der Waals surface area contributed by atoms with E-state index in [0.29, 0.717) is 23.6 Å². The molecule has 0 bridgehead atoms. The smallest absolute Gasteiger partial charge is 0.253 e. The maximum Gasteiger partial charge on any atom is 0.253 e. The molecule has 1 N–H and O–H groups in total. The fourth-order valence-corrected chi connectivity index (χ4v) is 4.78. The maximum atomic E-state index is 12.6. The molecule has 1 fully saturated rings. The average Bonchev–Trinajstić information content (AvgIpc) is 3.35. The Hall–Kier alpha value is -3.39. The number of thiazole rings is 1. The van der Waals surface area contributed by atoms with Crippen molar-refractivity contribution in [2.75, 3.05) is 27.3 Å². The Bertz CT molecular complexity index is 1140. The van der Waals surface area contributed by atoms with Crippen molar-refractivity contribution in [2.45, 2.75) is 32.2 Å². The van der Waals surface area contributed by atoms with Crippen LogP contribution in [0.2, 0.25) is 0 Å². The number of nitrogens with zero attached hydrogens (tertiary/aromatic N) is 2. The largest absolute Gasteiger partial charge is 0.493 e. The Morgan fingerprint density at radius 3 is 2.44 bits per heavy atom. The number of rotatable bonds is 8. The van der Waals surface area contributed by atoms with Crippen LogP contribution in [-0.4, -0.2) is 49.0 Å². The minimum Gasteiger partial charge on any atom is -0.493 e. The summed E-state index contributed by atoms with van der Waals surface area (Å²) in [7, 11) is 3.19. The third-order valence-electron chi connectivity index (χ3n) is 5.86. The van der Waals surface area contributed by atoms with Gasteiger partial charge in [0.1, 0.15) is 5.01 Å². The van der Waals surface area contributed by atoms with Crippen LogP contribution in [0.25, 0.3) is 10.6 Å². The van der Waals surface area contributed by atoms with Gasteiger partial charge in [-0.25, -0.2) is 4.98 Å². The Morgan fingerprint density at radius 2 is 1.74 bits per heavy atom. The van der Waals surface area contributed by atoms with E-state index in [4.69, 9.17) is 9.47 Å². The number of carbonyl (C=O) groups excluding carboxylic acids is 2. The minimum absolute atomic E-state index is 0.0871. The summed E-state index contributed by atoms with van der Waals surface area (Å²) < 4.78 is 10.6. The second-order valence-corrected chi connectivity index (χ2v) is 9.08. The number of methoxy groups -OCH3 is 2. The third-order valence-corrected chi connectivity index (χ3v) is 6.80. The van der Waals surface area contributed by atoms with Crippen molar-refractivity contribution in [3.63, 3.8) is 0 Å². The van der Waals surface area contributed by atoms with Crippen LogP contribution in [0.15, 0.2) is 47.8 Å². The molecule has 0 saturated carbocycles. The van der Waals surface area contributed by atoms with Gasteiger partial charge in [0.2, 0.25) is 5.91 Å². The number of likely N-dealkylation sites (tertiary alicyclic amines) is 1.